The Balaban J connectivity index is 1.55. The second kappa shape index (κ2) is 7.43. The molecule has 1 aliphatic rings. The average molecular weight is 330 g/mol. The van der Waals surface area contributed by atoms with Gasteiger partial charge in [-0.2, -0.15) is 0 Å². The highest BCUT2D eigenvalue weighted by molar-refractivity contribution is 5.75. The van der Waals surface area contributed by atoms with Crippen molar-refractivity contribution in [3.05, 3.63) is 71.3 Å². The number of benzene rings is 2. The number of amides is 2. The second-order valence-electron chi connectivity index (χ2n) is 6.06. The molecule has 2 amide bonds. The van der Waals surface area contributed by atoms with Crippen LogP contribution in [-0.2, 0) is 13.0 Å². The highest BCUT2D eigenvalue weighted by Gasteiger charge is 2.32. The molecule has 0 radical (unpaired) electrons. The molecule has 0 bridgehead atoms. The number of carbonyl (C=O) groups is 1. The minimum Gasteiger partial charge on any atom is -0.338 e. The lowest BCUT2D eigenvalue weighted by molar-refractivity contribution is 0.191. The van der Waals surface area contributed by atoms with Gasteiger partial charge in [-0.05, 0) is 43.0 Å². The zero-order valence-electron chi connectivity index (χ0n) is 13.3. The maximum atomic E-state index is 13.8. The third-order valence-corrected chi connectivity index (χ3v) is 4.15. The maximum Gasteiger partial charge on any atom is 0.317 e. The first-order valence-electron chi connectivity index (χ1n) is 8.16. The Hall–Kier alpha value is -2.43. The number of hydrogen-bond acceptors (Lipinski definition) is 1. The van der Waals surface area contributed by atoms with Gasteiger partial charge in [0.05, 0.1) is 6.54 Å². The van der Waals surface area contributed by atoms with Gasteiger partial charge in [-0.15, -0.1) is 0 Å². The Morgan fingerprint density at radius 3 is 2.46 bits per heavy atom. The largest absolute Gasteiger partial charge is 0.338 e. The van der Waals surface area contributed by atoms with E-state index in [4.69, 9.17) is 0 Å². The van der Waals surface area contributed by atoms with E-state index in [0.29, 0.717) is 18.5 Å². The van der Waals surface area contributed by atoms with Gasteiger partial charge in [0.2, 0.25) is 0 Å². The summed E-state index contributed by atoms with van der Waals surface area (Å²) in [6.07, 6.45) is 2.55. The van der Waals surface area contributed by atoms with Crippen LogP contribution in [0.5, 0.6) is 0 Å². The summed E-state index contributed by atoms with van der Waals surface area (Å²) in [4.78, 5) is 14.1. The quantitative estimate of drug-likeness (QED) is 0.856. The van der Waals surface area contributed by atoms with Crippen molar-refractivity contribution in [2.45, 2.75) is 31.8 Å². The lowest BCUT2D eigenvalue weighted by atomic mass is 10.1. The SMILES string of the molecule is O=C(NCCc1ccc(F)cc1)N(Cc1ccccc1F)C1CC1. The van der Waals surface area contributed by atoms with Crippen molar-refractivity contribution in [3.63, 3.8) is 0 Å². The highest BCUT2D eigenvalue weighted by atomic mass is 19.1. The fraction of sp³-hybridized carbons (Fsp3) is 0.316. The molecule has 1 aliphatic carbocycles. The van der Waals surface area contributed by atoms with E-state index in [2.05, 4.69) is 5.32 Å². The van der Waals surface area contributed by atoms with Crippen LogP contribution in [0.25, 0.3) is 0 Å². The normalized spacial score (nSPS) is 13.6. The van der Waals surface area contributed by atoms with Gasteiger partial charge in [0, 0.05) is 18.2 Å². The average Bonchev–Trinajstić information content (AvgIpc) is 3.40. The van der Waals surface area contributed by atoms with Crippen LogP contribution in [0.2, 0.25) is 0 Å². The van der Waals surface area contributed by atoms with Gasteiger partial charge in [0.15, 0.2) is 0 Å². The van der Waals surface area contributed by atoms with E-state index < -0.39 is 0 Å². The molecule has 0 aromatic heterocycles. The molecule has 2 aromatic carbocycles. The van der Waals surface area contributed by atoms with Gasteiger partial charge in [-0.25, -0.2) is 13.6 Å². The van der Waals surface area contributed by atoms with Crippen molar-refractivity contribution >= 4 is 6.03 Å². The summed E-state index contributed by atoms with van der Waals surface area (Å²) in [5, 5.41) is 2.88. The van der Waals surface area contributed by atoms with Gasteiger partial charge in [0.1, 0.15) is 11.6 Å². The van der Waals surface area contributed by atoms with E-state index >= 15 is 0 Å². The molecular formula is C19H20F2N2O. The molecular weight excluding hydrogens is 310 g/mol. The summed E-state index contributed by atoms with van der Waals surface area (Å²) in [6.45, 7) is 0.741. The molecule has 3 rings (SSSR count). The third kappa shape index (κ3) is 4.31. The molecule has 5 heteroatoms. The van der Waals surface area contributed by atoms with Crippen molar-refractivity contribution in [2.24, 2.45) is 0 Å². The fourth-order valence-electron chi connectivity index (χ4n) is 2.63. The van der Waals surface area contributed by atoms with Crippen LogP contribution in [0.1, 0.15) is 24.0 Å². The number of halogens is 2. The number of rotatable bonds is 6. The van der Waals surface area contributed by atoms with Crippen LogP contribution in [0, 0.1) is 11.6 Å². The molecule has 0 heterocycles. The molecule has 0 spiro atoms. The molecule has 126 valence electrons. The molecule has 0 saturated heterocycles. The van der Waals surface area contributed by atoms with E-state index in [1.807, 2.05) is 0 Å². The fourth-order valence-corrected chi connectivity index (χ4v) is 2.63. The van der Waals surface area contributed by atoms with E-state index in [1.54, 1.807) is 35.2 Å². The van der Waals surface area contributed by atoms with Crippen molar-refractivity contribution in [3.8, 4) is 0 Å². The Kier molecular flexibility index (Phi) is 5.08. The van der Waals surface area contributed by atoms with Gasteiger partial charge < -0.3 is 10.2 Å². The summed E-state index contributed by atoms with van der Waals surface area (Å²) >= 11 is 0. The van der Waals surface area contributed by atoms with Gasteiger partial charge in [0.25, 0.3) is 0 Å². The Labute approximate surface area is 140 Å². The monoisotopic (exact) mass is 330 g/mol. The smallest absolute Gasteiger partial charge is 0.317 e. The molecule has 1 saturated carbocycles. The van der Waals surface area contributed by atoms with Crippen LogP contribution in [0.15, 0.2) is 48.5 Å². The molecule has 1 fully saturated rings. The minimum absolute atomic E-state index is 0.178. The number of nitrogens with zero attached hydrogens (tertiary/aromatic N) is 1. The standard InChI is InChI=1S/C19H20F2N2O/c20-16-7-5-14(6-8-16)11-12-22-19(24)23(17-9-10-17)13-15-3-1-2-4-18(15)21/h1-8,17H,9-13H2,(H,22,24). The first kappa shape index (κ1) is 16.4. The first-order valence-corrected chi connectivity index (χ1v) is 8.16. The zero-order valence-corrected chi connectivity index (χ0v) is 13.3. The van der Waals surface area contributed by atoms with Crippen LogP contribution in [0.3, 0.4) is 0 Å². The summed E-state index contributed by atoms with van der Waals surface area (Å²) in [7, 11) is 0. The summed E-state index contributed by atoms with van der Waals surface area (Å²) in [6, 6.07) is 12.8. The van der Waals surface area contributed by atoms with E-state index in [0.717, 1.165) is 18.4 Å². The van der Waals surface area contributed by atoms with Crippen LogP contribution in [-0.4, -0.2) is 23.5 Å². The van der Waals surface area contributed by atoms with E-state index in [9.17, 15) is 13.6 Å². The molecule has 2 aromatic rings. The Morgan fingerprint density at radius 1 is 1.08 bits per heavy atom. The zero-order chi connectivity index (χ0) is 16.9. The van der Waals surface area contributed by atoms with Gasteiger partial charge in [-0.3, -0.25) is 0 Å². The summed E-state index contributed by atoms with van der Waals surface area (Å²) in [5.41, 5.74) is 1.49. The third-order valence-electron chi connectivity index (χ3n) is 4.15. The number of urea groups is 1. The van der Waals surface area contributed by atoms with Gasteiger partial charge in [-0.1, -0.05) is 30.3 Å². The molecule has 24 heavy (non-hydrogen) atoms. The second-order valence-corrected chi connectivity index (χ2v) is 6.06. The molecule has 0 unspecified atom stereocenters. The van der Waals surface area contributed by atoms with Crippen molar-refractivity contribution in [1.29, 1.82) is 0 Å². The molecule has 3 nitrogen and oxygen atoms in total. The van der Waals surface area contributed by atoms with Crippen molar-refractivity contribution < 1.29 is 13.6 Å². The minimum atomic E-state index is -0.290. The Morgan fingerprint density at radius 2 is 1.79 bits per heavy atom. The topological polar surface area (TPSA) is 32.3 Å². The summed E-state index contributed by atoms with van der Waals surface area (Å²) < 4.78 is 26.7. The summed E-state index contributed by atoms with van der Waals surface area (Å²) in [5.74, 6) is -0.560. The number of hydrogen-bond donors (Lipinski definition) is 1. The van der Waals surface area contributed by atoms with Crippen LogP contribution in [0.4, 0.5) is 13.6 Å². The lowest BCUT2D eigenvalue weighted by Crippen LogP contribution is -2.41. The maximum absolute atomic E-state index is 13.8. The highest BCUT2D eigenvalue weighted by Crippen LogP contribution is 2.28. The molecule has 1 N–H and O–H groups in total. The van der Waals surface area contributed by atoms with Crippen molar-refractivity contribution in [1.82, 2.24) is 10.2 Å². The first-order chi connectivity index (χ1) is 11.6. The predicted molar refractivity (Wildman–Crippen MR) is 88.5 cm³/mol. The number of nitrogens with one attached hydrogen (secondary N) is 1. The molecule has 0 atom stereocenters. The molecule has 0 aliphatic heterocycles. The lowest BCUT2D eigenvalue weighted by Gasteiger charge is -2.23. The van der Waals surface area contributed by atoms with Crippen LogP contribution < -0.4 is 5.32 Å². The van der Waals surface area contributed by atoms with Crippen LogP contribution >= 0.6 is 0 Å². The predicted octanol–water partition coefficient (Wildman–Crippen LogP) is 3.88. The van der Waals surface area contributed by atoms with Crippen molar-refractivity contribution in [2.75, 3.05) is 6.54 Å². The van der Waals surface area contributed by atoms with E-state index in [1.165, 1.54) is 18.2 Å². The van der Waals surface area contributed by atoms with Gasteiger partial charge >= 0.3 is 6.03 Å². The Bertz CT molecular complexity index is 699. The number of carbonyl (C=O) groups excluding carboxylic acids is 1. The van der Waals surface area contributed by atoms with E-state index in [-0.39, 0.29) is 30.3 Å².